The molecule has 13 heavy (non-hydrogen) atoms. The Morgan fingerprint density at radius 1 is 1.62 bits per heavy atom. The van der Waals surface area contributed by atoms with Crippen LogP contribution in [0.3, 0.4) is 0 Å². The van der Waals surface area contributed by atoms with Gasteiger partial charge in [0.2, 0.25) is 0 Å². The van der Waals surface area contributed by atoms with Crippen molar-refractivity contribution in [2.24, 2.45) is 0 Å². The van der Waals surface area contributed by atoms with Gasteiger partial charge in [-0.15, -0.1) is 0 Å². The molecule has 1 rings (SSSR count). The summed E-state index contributed by atoms with van der Waals surface area (Å²) in [5.41, 5.74) is 0.803. The molecule has 4 nitrogen and oxygen atoms in total. The van der Waals surface area contributed by atoms with Gasteiger partial charge in [-0.2, -0.15) is 0 Å². The van der Waals surface area contributed by atoms with Crippen LogP contribution in [0.4, 0.5) is 0 Å². The molecule has 0 bridgehead atoms. The van der Waals surface area contributed by atoms with E-state index in [1.165, 1.54) is 0 Å². The monoisotopic (exact) mass is 184 g/mol. The summed E-state index contributed by atoms with van der Waals surface area (Å²) in [5.74, 6) is 0. The number of rotatable bonds is 4. The normalized spacial score (nSPS) is 13.6. The maximum Gasteiger partial charge on any atom is 0.119 e. The molecule has 74 valence electrons. The van der Waals surface area contributed by atoms with Gasteiger partial charge in [-0.25, -0.2) is 4.98 Å². The van der Waals surface area contributed by atoms with Crippen molar-refractivity contribution in [2.45, 2.75) is 26.0 Å². The van der Waals surface area contributed by atoms with Crippen molar-refractivity contribution in [3.8, 4) is 0 Å². The summed E-state index contributed by atoms with van der Waals surface area (Å²) in [7, 11) is 1.57. The van der Waals surface area contributed by atoms with Crippen LogP contribution in [0, 0.1) is 0 Å². The highest BCUT2D eigenvalue weighted by molar-refractivity contribution is 5.03. The summed E-state index contributed by atoms with van der Waals surface area (Å²) in [5, 5.41) is 9.65. The molecule has 1 N–H and O–H groups in total. The predicted octanol–water partition coefficient (Wildman–Crippen LogP) is 1.14. The minimum atomic E-state index is -0.588. The van der Waals surface area contributed by atoms with Gasteiger partial charge < -0.3 is 14.4 Å². The number of hydrogen-bond donors (Lipinski definition) is 1. The first kappa shape index (κ1) is 10.2. The van der Waals surface area contributed by atoms with Gasteiger partial charge in [0, 0.05) is 13.2 Å². The Hall–Kier alpha value is -0.870. The van der Waals surface area contributed by atoms with Crippen molar-refractivity contribution < 1.29 is 9.84 Å². The zero-order valence-corrected chi connectivity index (χ0v) is 8.27. The van der Waals surface area contributed by atoms with E-state index < -0.39 is 6.10 Å². The summed E-state index contributed by atoms with van der Waals surface area (Å²) >= 11 is 0. The summed E-state index contributed by atoms with van der Waals surface area (Å²) < 4.78 is 6.81. The third-order valence-corrected chi connectivity index (χ3v) is 1.92. The fraction of sp³-hybridized carbons (Fsp3) is 0.667. The Labute approximate surface area is 78.2 Å². The second-order valence-electron chi connectivity index (χ2n) is 3.29. The van der Waals surface area contributed by atoms with E-state index in [0.717, 1.165) is 5.69 Å². The van der Waals surface area contributed by atoms with Crippen LogP contribution in [0.25, 0.3) is 0 Å². The lowest BCUT2D eigenvalue weighted by Crippen LogP contribution is -2.12. The van der Waals surface area contributed by atoms with E-state index >= 15 is 0 Å². The molecule has 0 aliphatic rings. The van der Waals surface area contributed by atoms with Crippen molar-refractivity contribution >= 4 is 0 Å². The largest absolute Gasteiger partial charge is 0.384 e. The molecular formula is C9H16N2O2. The number of hydrogen-bond acceptors (Lipinski definition) is 3. The Morgan fingerprint density at radius 2 is 2.31 bits per heavy atom. The maximum absolute atomic E-state index is 9.65. The summed E-state index contributed by atoms with van der Waals surface area (Å²) in [6.45, 7) is 4.40. The predicted molar refractivity (Wildman–Crippen MR) is 49.4 cm³/mol. The molecule has 0 saturated heterocycles. The quantitative estimate of drug-likeness (QED) is 0.763. The number of methoxy groups -OCH3 is 1. The van der Waals surface area contributed by atoms with E-state index in [1.807, 2.05) is 18.4 Å². The highest BCUT2D eigenvalue weighted by Crippen LogP contribution is 2.16. The van der Waals surface area contributed by atoms with E-state index in [2.05, 4.69) is 4.98 Å². The van der Waals surface area contributed by atoms with Crippen LogP contribution in [0.5, 0.6) is 0 Å². The Bertz CT molecular complexity index is 258. The second-order valence-corrected chi connectivity index (χ2v) is 3.29. The van der Waals surface area contributed by atoms with Crippen LogP contribution in [0.2, 0.25) is 0 Å². The van der Waals surface area contributed by atoms with Gasteiger partial charge in [-0.3, -0.25) is 0 Å². The smallest absolute Gasteiger partial charge is 0.119 e. The van der Waals surface area contributed by atoms with Gasteiger partial charge in [-0.05, 0) is 13.8 Å². The van der Waals surface area contributed by atoms with E-state index in [9.17, 15) is 5.11 Å². The van der Waals surface area contributed by atoms with Gasteiger partial charge in [0.1, 0.15) is 6.10 Å². The Balaban J connectivity index is 2.80. The van der Waals surface area contributed by atoms with Gasteiger partial charge in [0.05, 0.1) is 24.8 Å². The van der Waals surface area contributed by atoms with Gasteiger partial charge in [0.15, 0.2) is 0 Å². The van der Waals surface area contributed by atoms with E-state index in [1.54, 1.807) is 19.6 Å². The van der Waals surface area contributed by atoms with Crippen LogP contribution in [0.1, 0.15) is 31.7 Å². The summed E-state index contributed by atoms with van der Waals surface area (Å²) in [6, 6.07) is 0.309. The van der Waals surface area contributed by atoms with Crippen molar-refractivity contribution in [3.63, 3.8) is 0 Å². The lowest BCUT2D eigenvalue weighted by atomic mass is 10.2. The zero-order valence-electron chi connectivity index (χ0n) is 8.27. The zero-order chi connectivity index (χ0) is 9.84. The number of imidazole rings is 1. The lowest BCUT2D eigenvalue weighted by Gasteiger charge is -2.15. The fourth-order valence-corrected chi connectivity index (χ4v) is 1.25. The average molecular weight is 184 g/mol. The van der Waals surface area contributed by atoms with Crippen molar-refractivity contribution in [1.29, 1.82) is 0 Å². The first-order chi connectivity index (χ1) is 6.16. The maximum atomic E-state index is 9.65. The number of aromatic nitrogens is 2. The van der Waals surface area contributed by atoms with Crippen LogP contribution in [-0.4, -0.2) is 28.4 Å². The van der Waals surface area contributed by atoms with Crippen molar-refractivity contribution in [2.75, 3.05) is 13.7 Å². The Kier molecular flexibility index (Phi) is 3.45. The van der Waals surface area contributed by atoms with Crippen LogP contribution < -0.4 is 0 Å². The minimum absolute atomic E-state index is 0.304. The number of ether oxygens (including phenoxy) is 1. The average Bonchev–Trinajstić information content (AvgIpc) is 2.52. The minimum Gasteiger partial charge on any atom is -0.384 e. The molecule has 1 unspecified atom stereocenters. The Morgan fingerprint density at radius 3 is 2.85 bits per heavy atom. The van der Waals surface area contributed by atoms with Crippen molar-refractivity contribution in [3.05, 3.63) is 18.2 Å². The second kappa shape index (κ2) is 4.39. The molecule has 0 fully saturated rings. The van der Waals surface area contributed by atoms with E-state index in [0.29, 0.717) is 12.6 Å². The molecular weight excluding hydrogens is 168 g/mol. The van der Waals surface area contributed by atoms with Gasteiger partial charge in [-0.1, -0.05) is 0 Å². The molecule has 1 atom stereocenters. The molecule has 0 aliphatic heterocycles. The molecule has 1 heterocycles. The molecule has 1 aromatic rings. The lowest BCUT2D eigenvalue weighted by molar-refractivity contribution is 0.0587. The summed E-state index contributed by atoms with van der Waals surface area (Å²) in [6.07, 6.45) is 2.80. The standard InChI is InChI=1S/C9H16N2O2/c1-7(2)11-6-10-4-8(11)9(12)5-13-3/h4,6-7,9,12H,5H2,1-3H3. The van der Waals surface area contributed by atoms with E-state index in [-0.39, 0.29) is 0 Å². The van der Waals surface area contributed by atoms with Gasteiger partial charge >= 0.3 is 0 Å². The van der Waals surface area contributed by atoms with Crippen LogP contribution in [-0.2, 0) is 4.74 Å². The molecule has 0 amide bonds. The highest BCUT2D eigenvalue weighted by Gasteiger charge is 2.13. The highest BCUT2D eigenvalue weighted by atomic mass is 16.5. The fourth-order valence-electron chi connectivity index (χ4n) is 1.25. The SMILES string of the molecule is COCC(O)c1cncn1C(C)C. The third kappa shape index (κ3) is 2.29. The van der Waals surface area contributed by atoms with Crippen LogP contribution in [0.15, 0.2) is 12.5 Å². The molecule has 0 radical (unpaired) electrons. The molecule has 0 aromatic carbocycles. The first-order valence-corrected chi connectivity index (χ1v) is 4.35. The van der Waals surface area contributed by atoms with Crippen molar-refractivity contribution in [1.82, 2.24) is 9.55 Å². The van der Waals surface area contributed by atoms with E-state index in [4.69, 9.17) is 4.74 Å². The molecule has 0 spiro atoms. The molecule has 1 aromatic heterocycles. The third-order valence-electron chi connectivity index (χ3n) is 1.92. The van der Waals surface area contributed by atoms with Crippen LogP contribution >= 0.6 is 0 Å². The van der Waals surface area contributed by atoms with Gasteiger partial charge in [0.25, 0.3) is 0 Å². The molecule has 0 saturated carbocycles. The topological polar surface area (TPSA) is 47.3 Å². The molecule has 4 heteroatoms. The first-order valence-electron chi connectivity index (χ1n) is 4.35. The summed E-state index contributed by atoms with van der Waals surface area (Å²) in [4.78, 5) is 3.99. The number of aliphatic hydroxyl groups excluding tert-OH is 1. The molecule has 0 aliphatic carbocycles. The number of nitrogens with zero attached hydrogens (tertiary/aromatic N) is 2. The number of aliphatic hydroxyl groups is 1.